The number of nitrogens with one attached hydrogen (secondary N) is 1. The van der Waals surface area contributed by atoms with Crippen molar-refractivity contribution < 1.29 is 14.6 Å². The van der Waals surface area contributed by atoms with Crippen LogP contribution in [0.3, 0.4) is 0 Å². The number of benzene rings is 1. The average Bonchev–Trinajstić information content (AvgIpc) is 2.74. The van der Waals surface area contributed by atoms with Gasteiger partial charge in [-0.05, 0) is 17.9 Å². The fraction of sp³-hybridized carbons (Fsp3) is 0.562. The van der Waals surface area contributed by atoms with Crippen molar-refractivity contribution in [3.8, 4) is 5.75 Å². The first-order chi connectivity index (χ1) is 9.44. The number of rotatable bonds is 5. The topological polar surface area (TPSA) is 58.6 Å². The number of carbonyl (C=O) groups excluding carboxylic acids is 1. The summed E-state index contributed by atoms with van der Waals surface area (Å²) in [5.41, 5.74) is 0.973. The molecular weight excluding hydrogens is 254 g/mol. The van der Waals surface area contributed by atoms with Crippen LogP contribution in [-0.2, 0) is 4.79 Å². The third-order valence-electron chi connectivity index (χ3n) is 3.91. The maximum Gasteiger partial charge on any atom is 0.261 e. The van der Waals surface area contributed by atoms with Crippen LogP contribution >= 0.6 is 0 Å². The molecule has 1 aliphatic heterocycles. The Morgan fingerprint density at radius 1 is 1.40 bits per heavy atom. The minimum Gasteiger partial charge on any atom is -0.480 e. The monoisotopic (exact) mass is 277 g/mol. The maximum atomic E-state index is 12.3. The largest absolute Gasteiger partial charge is 0.480 e. The molecule has 2 unspecified atom stereocenters. The number of para-hydroxylation sites is 1. The zero-order valence-corrected chi connectivity index (χ0v) is 12.3. The summed E-state index contributed by atoms with van der Waals surface area (Å²) in [6.45, 7) is 6.73. The van der Waals surface area contributed by atoms with Gasteiger partial charge < -0.3 is 15.2 Å². The van der Waals surface area contributed by atoms with E-state index in [-0.39, 0.29) is 23.8 Å². The van der Waals surface area contributed by atoms with Crippen molar-refractivity contribution in [3.05, 3.63) is 29.8 Å². The number of hydrogen-bond acceptors (Lipinski definition) is 3. The Kier molecular flexibility index (Phi) is 4.33. The summed E-state index contributed by atoms with van der Waals surface area (Å²) in [5, 5.41) is 11.9. The molecule has 0 spiro atoms. The zero-order valence-electron chi connectivity index (χ0n) is 12.3. The Morgan fingerprint density at radius 2 is 2.10 bits per heavy atom. The molecule has 0 aliphatic carbocycles. The lowest BCUT2D eigenvalue weighted by atomic mass is 9.89. The Labute approximate surface area is 120 Å². The number of amides is 1. The average molecular weight is 277 g/mol. The number of aliphatic hydroxyl groups is 1. The fourth-order valence-electron chi connectivity index (χ4n) is 2.46. The molecule has 0 saturated heterocycles. The molecule has 0 aromatic heterocycles. The van der Waals surface area contributed by atoms with E-state index >= 15 is 0 Å². The van der Waals surface area contributed by atoms with Crippen LogP contribution in [0.5, 0.6) is 5.75 Å². The molecule has 0 radical (unpaired) electrons. The van der Waals surface area contributed by atoms with E-state index in [9.17, 15) is 4.79 Å². The van der Waals surface area contributed by atoms with E-state index in [1.807, 2.05) is 45.0 Å². The lowest BCUT2D eigenvalue weighted by Crippen LogP contribution is -2.43. The summed E-state index contributed by atoms with van der Waals surface area (Å²) in [6, 6.07) is 7.78. The highest BCUT2D eigenvalue weighted by Crippen LogP contribution is 2.37. The van der Waals surface area contributed by atoms with Crippen LogP contribution in [0.2, 0.25) is 0 Å². The number of ether oxygens (including phenoxy) is 1. The van der Waals surface area contributed by atoms with Crippen molar-refractivity contribution in [3.63, 3.8) is 0 Å². The minimum absolute atomic E-state index is 0.0622. The van der Waals surface area contributed by atoms with Gasteiger partial charge in [0.2, 0.25) is 0 Å². The molecule has 1 aromatic rings. The van der Waals surface area contributed by atoms with Crippen LogP contribution < -0.4 is 10.1 Å². The Bertz CT molecular complexity index is 484. The molecule has 1 aliphatic rings. The van der Waals surface area contributed by atoms with Crippen molar-refractivity contribution >= 4 is 5.91 Å². The van der Waals surface area contributed by atoms with Gasteiger partial charge in [-0.3, -0.25) is 4.79 Å². The second-order valence-electron chi connectivity index (χ2n) is 6.22. The van der Waals surface area contributed by atoms with Crippen LogP contribution in [0, 0.1) is 5.41 Å². The second-order valence-corrected chi connectivity index (χ2v) is 6.22. The van der Waals surface area contributed by atoms with Crippen molar-refractivity contribution in [2.24, 2.45) is 5.41 Å². The third kappa shape index (κ3) is 3.12. The SMILES string of the molecule is CC1c2ccccc2OC1C(=O)NCC(C)(C)CCO. The molecule has 1 aromatic carbocycles. The van der Waals surface area contributed by atoms with Gasteiger partial charge in [0.15, 0.2) is 6.10 Å². The van der Waals surface area contributed by atoms with Gasteiger partial charge in [-0.1, -0.05) is 39.0 Å². The molecule has 0 saturated carbocycles. The Hall–Kier alpha value is -1.55. The first-order valence-corrected chi connectivity index (χ1v) is 7.09. The molecule has 110 valence electrons. The number of fused-ring (bicyclic) bond motifs is 1. The van der Waals surface area contributed by atoms with E-state index < -0.39 is 6.10 Å². The fourth-order valence-corrected chi connectivity index (χ4v) is 2.46. The highest BCUT2D eigenvalue weighted by molar-refractivity contribution is 5.83. The smallest absolute Gasteiger partial charge is 0.261 e. The van der Waals surface area contributed by atoms with Gasteiger partial charge in [0.1, 0.15) is 5.75 Å². The number of aliphatic hydroxyl groups excluding tert-OH is 1. The first-order valence-electron chi connectivity index (χ1n) is 7.09. The zero-order chi connectivity index (χ0) is 14.8. The predicted octanol–water partition coefficient (Wildman–Crippen LogP) is 2.08. The van der Waals surface area contributed by atoms with Gasteiger partial charge in [-0.15, -0.1) is 0 Å². The van der Waals surface area contributed by atoms with Crippen molar-refractivity contribution in [1.82, 2.24) is 5.32 Å². The van der Waals surface area contributed by atoms with Crippen molar-refractivity contribution in [1.29, 1.82) is 0 Å². The summed E-state index contributed by atoms with van der Waals surface area (Å²) in [4.78, 5) is 12.3. The summed E-state index contributed by atoms with van der Waals surface area (Å²) in [6.07, 6.45) is 0.200. The van der Waals surface area contributed by atoms with E-state index in [0.717, 1.165) is 11.3 Å². The summed E-state index contributed by atoms with van der Waals surface area (Å²) < 4.78 is 5.74. The Balaban J connectivity index is 1.95. The number of carbonyl (C=O) groups is 1. The van der Waals surface area contributed by atoms with E-state index in [1.165, 1.54) is 0 Å². The second kappa shape index (κ2) is 5.83. The van der Waals surface area contributed by atoms with Crippen LogP contribution in [-0.4, -0.2) is 30.3 Å². The highest BCUT2D eigenvalue weighted by Gasteiger charge is 2.36. The Morgan fingerprint density at radius 3 is 2.75 bits per heavy atom. The molecule has 2 N–H and O–H groups in total. The maximum absolute atomic E-state index is 12.3. The number of hydrogen-bond donors (Lipinski definition) is 2. The van der Waals surface area contributed by atoms with E-state index in [0.29, 0.717) is 13.0 Å². The van der Waals surface area contributed by atoms with Gasteiger partial charge in [0.25, 0.3) is 5.91 Å². The molecule has 2 atom stereocenters. The molecule has 4 heteroatoms. The minimum atomic E-state index is -0.461. The third-order valence-corrected chi connectivity index (χ3v) is 3.91. The molecule has 4 nitrogen and oxygen atoms in total. The van der Waals surface area contributed by atoms with E-state index in [4.69, 9.17) is 9.84 Å². The molecule has 1 amide bonds. The standard InChI is InChI=1S/C16H23NO3/c1-11-12-6-4-5-7-13(12)20-14(11)15(19)17-10-16(2,3)8-9-18/h4-7,11,14,18H,8-10H2,1-3H3,(H,17,19). The lowest BCUT2D eigenvalue weighted by Gasteiger charge is -2.25. The van der Waals surface area contributed by atoms with E-state index in [2.05, 4.69) is 5.32 Å². The lowest BCUT2D eigenvalue weighted by molar-refractivity contribution is -0.128. The molecular formula is C16H23NO3. The van der Waals surface area contributed by atoms with Gasteiger partial charge in [-0.25, -0.2) is 0 Å². The summed E-state index contributed by atoms with van der Waals surface area (Å²) in [5.74, 6) is 0.779. The van der Waals surface area contributed by atoms with E-state index in [1.54, 1.807) is 0 Å². The van der Waals surface area contributed by atoms with Crippen LogP contribution in [0.25, 0.3) is 0 Å². The molecule has 0 bridgehead atoms. The molecule has 0 fully saturated rings. The van der Waals surface area contributed by atoms with Crippen molar-refractivity contribution in [2.75, 3.05) is 13.2 Å². The quantitative estimate of drug-likeness (QED) is 0.866. The molecule has 20 heavy (non-hydrogen) atoms. The van der Waals surface area contributed by atoms with Crippen LogP contribution in [0.15, 0.2) is 24.3 Å². The van der Waals surface area contributed by atoms with Gasteiger partial charge in [-0.2, -0.15) is 0 Å². The normalized spacial score (nSPS) is 21.2. The molecule has 1 heterocycles. The van der Waals surface area contributed by atoms with Crippen molar-refractivity contribution in [2.45, 2.75) is 39.2 Å². The van der Waals surface area contributed by atoms with Crippen LogP contribution in [0.1, 0.15) is 38.7 Å². The first kappa shape index (κ1) is 14.9. The molecule has 2 rings (SSSR count). The summed E-state index contributed by atoms with van der Waals surface area (Å²) >= 11 is 0. The highest BCUT2D eigenvalue weighted by atomic mass is 16.5. The predicted molar refractivity (Wildman–Crippen MR) is 77.8 cm³/mol. The van der Waals surface area contributed by atoms with Crippen LogP contribution in [0.4, 0.5) is 0 Å². The summed E-state index contributed by atoms with van der Waals surface area (Å²) in [7, 11) is 0. The van der Waals surface area contributed by atoms with Gasteiger partial charge in [0, 0.05) is 24.6 Å². The van der Waals surface area contributed by atoms with Gasteiger partial charge in [0.05, 0.1) is 0 Å². The van der Waals surface area contributed by atoms with Gasteiger partial charge >= 0.3 is 0 Å².